The van der Waals surface area contributed by atoms with Crippen molar-refractivity contribution in [2.24, 2.45) is 5.92 Å². The fourth-order valence-electron chi connectivity index (χ4n) is 3.91. The second-order valence-electron chi connectivity index (χ2n) is 6.67. The SMILES string of the molecule is OC[C@@H]1CC[C@@](Cn2cncn2)(c2ccc(-n3cncn3)cc2F)C1. The molecule has 7 nitrogen and oxygen atoms in total. The number of benzene rings is 1. The molecule has 2 atom stereocenters. The Hall–Kier alpha value is -2.61. The van der Waals surface area contributed by atoms with Gasteiger partial charge in [0.15, 0.2) is 0 Å². The molecule has 0 aliphatic heterocycles. The van der Waals surface area contributed by atoms with Crippen molar-refractivity contribution < 1.29 is 9.50 Å². The summed E-state index contributed by atoms with van der Waals surface area (Å²) in [7, 11) is 0. The van der Waals surface area contributed by atoms with Crippen molar-refractivity contribution in [3.8, 4) is 5.69 Å². The lowest BCUT2D eigenvalue weighted by Crippen LogP contribution is -2.31. The predicted molar refractivity (Wildman–Crippen MR) is 87.4 cm³/mol. The Labute approximate surface area is 144 Å². The topological polar surface area (TPSA) is 81.6 Å². The van der Waals surface area contributed by atoms with Crippen LogP contribution in [0.5, 0.6) is 0 Å². The molecule has 0 saturated heterocycles. The maximum Gasteiger partial charge on any atom is 0.138 e. The quantitative estimate of drug-likeness (QED) is 0.764. The van der Waals surface area contributed by atoms with Gasteiger partial charge < -0.3 is 5.11 Å². The molecular formula is C17H19FN6O. The molecule has 1 fully saturated rings. The molecule has 3 aromatic rings. The normalized spacial score (nSPS) is 23.2. The van der Waals surface area contributed by atoms with E-state index in [1.165, 1.54) is 29.7 Å². The third kappa shape index (κ3) is 2.93. The molecule has 0 unspecified atom stereocenters. The molecule has 8 heteroatoms. The largest absolute Gasteiger partial charge is 0.396 e. The lowest BCUT2D eigenvalue weighted by molar-refractivity contribution is 0.217. The number of aliphatic hydroxyl groups excluding tert-OH is 1. The van der Waals surface area contributed by atoms with Gasteiger partial charge in [0, 0.05) is 12.0 Å². The molecule has 1 aliphatic rings. The minimum absolute atomic E-state index is 0.123. The number of nitrogens with zero attached hydrogens (tertiary/aromatic N) is 6. The van der Waals surface area contributed by atoms with Gasteiger partial charge in [-0.1, -0.05) is 6.07 Å². The average Bonchev–Trinajstić information content (AvgIpc) is 3.37. The van der Waals surface area contributed by atoms with Crippen LogP contribution in [-0.2, 0) is 12.0 Å². The van der Waals surface area contributed by atoms with Crippen LogP contribution in [0.25, 0.3) is 5.69 Å². The van der Waals surface area contributed by atoms with E-state index in [2.05, 4.69) is 20.2 Å². The minimum Gasteiger partial charge on any atom is -0.396 e. The van der Waals surface area contributed by atoms with Gasteiger partial charge in [-0.25, -0.2) is 19.0 Å². The zero-order valence-corrected chi connectivity index (χ0v) is 13.7. The monoisotopic (exact) mass is 342 g/mol. The van der Waals surface area contributed by atoms with E-state index in [0.29, 0.717) is 17.8 Å². The van der Waals surface area contributed by atoms with E-state index in [0.717, 1.165) is 19.3 Å². The molecule has 2 heterocycles. The zero-order chi connectivity index (χ0) is 17.3. The summed E-state index contributed by atoms with van der Waals surface area (Å²) >= 11 is 0. The third-order valence-electron chi connectivity index (χ3n) is 5.11. The summed E-state index contributed by atoms with van der Waals surface area (Å²) in [6.45, 7) is 0.668. The molecule has 4 rings (SSSR count). The zero-order valence-electron chi connectivity index (χ0n) is 13.7. The van der Waals surface area contributed by atoms with Gasteiger partial charge in [0.1, 0.15) is 31.1 Å². The Morgan fingerprint density at radius 2 is 2.04 bits per heavy atom. The molecule has 25 heavy (non-hydrogen) atoms. The van der Waals surface area contributed by atoms with Crippen molar-refractivity contribution in [2.45, 2.75) is 31.2 Å². The van der Waals surface area contributed by atoms with Crippen molar-refractivity contribution in [3.05, 3.63) is 54.9 Å². The van der Waals surface area contributed by atoms with Gasteiger partial charge in [0.2, 0.25) is 0 Å². The second-order valence-corrected chi connectivity index (χ2v) is 6.67. The molecule has 0 bridgehead atoms. The highest BCUT2D eigenvalue weighted by atomic mass is 19.1. The van der Waals surface area contributed by atoms with Crippen molar-refractivity contribution >= 4 is 0 Å². The van der Waals surface area contributed by atoms with Crippen LogP contribution in [0.1, 0.15) is 24.8 Å². The van der Waals surface area contributed by atoms with Gasteiger partial charge >= 0.3 is 0 Å². The summed E-state index contributed by atoms with van der Waals surface area (Å²) in [4.78, 5) is 7.88. The summed E-state index contributed by atoms with van der Waals surface area (Å²) in [6, 6.07) is 5.16. The highest BCUT2D eigenvalue weighted by Gasteiger charge is 2.42. The van der Waals surface area contributed by atoms with Gasteiger partial charge in [-0.05, 0) is 42.9 Å². The maximum atomic E-state index is 15.0. The first-order valence-electron chi connectivity index (χ1n) is 8.28. The van der Waals surface area contributed by atoms with Crippen LogP contribution >= 0.6 is 0 Å². The lowest BCUT2D eigenvalue weighted by atomic mass is 9.77. The van der Waals surface area contributed by atoms with Crippen molar-refractivity contribution in [1.29, 1.82) is 0 Å². The summed E-state index contributed by atoms with van der Waals surface area (Å²) in [5.74, 6) is -0.0929. The Morgan fingerprint density at radius 1 is 1.20 bits per heavy atom. The van der Waals surface area contributed by atoms with Gasteiger partial charge in [0.25, 0.3) is 0 Å². The smallest absolute Gasteiger partial charge is 0.138 e. The predicted octanol–water partition coefficient (Wildman–Crippen LogP) is 1.73. The van der Waals surface area contributed by atoms with E-state index < -0.39 is 5.41 Å². The van der Waals surface area contributed by atoms with Gasteiger partial charge in [-0.3, -0.25) is 4.68 Å². The van der Waals surface area contributed by atoms with E-state index in [1.54, 1.807) is 11.0 Å². The fourth-order valence-corrected chi connectivity index (χ4v) is 3.91. The highest BCUT2D eigenvalue weighted by molar-refractivity contribution is 5.38. The van der Waals surface area contributed by atoms with Crippen LogP contribution in [0.4, 0.5) is 4.39 Å². The number of hydrogen-bond donors (Lipinski definition) is 1. The van der Waals surface area contributed by atoms with E-state index in [4.69, 9.17) is 0 Å². The van der Waals surface area contributed by atoms with E-state index in [1.807, 2.05) is 12.1 Å². The number of rotatable bonds is 5. The Balaban J connectivity index is 1.72. The lowest BCUT2D eigenvalue weighted by Gasteiger charge is -2.30. The Morgan fingerprint density at radius 3 is 2.68 bits per heavy atom. The van der Waals surface area contributed by atoms with E-state index in [-0.39, 0.29) is 18.3 Å². The third-order valence-corrected chi connectivity index (χ3v) is 5.11. The molecule has 1 saturated carbocycles. The van der Waals surface area contributed by atoms with Crippen molar-refractivity contribution in [1.82, 2.24) is 29.5 Å². The molecular weight excluding hydrogens is 323 g/mol. The highest BCUT2D eigenvalue weighted by Crippen LogP contribution is 2.46. The van der Waals surface area contributed by atoms with E-state index in [9.17, 15) is 5.11 Å². The minimum atomic E-state index is -0.397. The molecule has 1 aliphatic carbocycles. The summed E-state index contributed by atoms with van der Waals surface area (Å²) in [6.07, 6.45) is 8.49. The summed E-state index contributed by atoms with van der Waals surface area (Å²) < 4.78 is 18.3. The summed E-state index contributed by atoms with van der Waals surface area (Å²) in [5.41, 5.74) is 0.890. The average molecular weight is 342 g/mol. The fraction of sp³-hybridized carbons (Fsp3) is 0.412. The first-order chi connectivity index (χ1) is 12.2. The molecule has 1 N–H and O–H groups in total. The Kier molecular flexibility index (Phi) is 4.04. The summed E-state index contributed by atoms with van der Waals surface area (Å²) in [5, 5.41) is 17.8. The van der Waals surface area contributed by atoms with Gasteiger partial charge in [-0.15, -0.1) is 0 Å². The number of aliphatic hydroxyl groups is 1. The van der Waals surface area contributed by atoms with Crippen LogP contribution in [0.2, 0.25) is 0 Å². The number of hydrogen-bond acceptors (Lipinski definition) is 5. The van der Waals surface area contributed by atoms with Crippen LogP contribution in [0.15, 0.2) is 43.5 Å². The molecule has 2 aromatic heterocycles. The molecule has 130 valence electrons. The molecule has 1 aromatic carbocycles. The van der Waals surface area contributed by atoms with E-state index >= 15 is 4.39 Å². The van der Waals surface area contributed by atoms with Gasteiger partial charge in [0.05, 0.1) is 12.2 Å². The molecule has 0 amide bonds. The van der Waals surface area contributed by atoms with Crippen LogP contribution in [-0.4, -0.2) is 41.2 Å². The number of aromatic nitrogens is 6. The molecule has 0 radical (unpaired) electrons. The molecule has 0 spiro atoms. The maximum absolute atomic E-state index is 15.0. The van der Waals surface area contributed by atoms with Crippen LogP contribution in [0.3, 0.4) is 0 Å². The standard InChI is InChI=1S/C17H19FN6O/c18-16-5-14(24-12-20-10-22-24)1-2-15(16)17(4-3-13(6-17)7-25)8-23-11-19-9-21-23/h1-2,5,9-13,25H,3-4,6-8H2/t13-,17-/m1/s1. The Bertz CT molecular complexity index is 835. The van der Waals surface area contributed by atoms with Crippen molar-refractivity contribution in [2.75, 3.05) is 6.61 Å². The first kappa shape index (κ1) is 15.9. The van der Waals surface area contributed by atoms with Gasteiger partial charge in [-0.2, -0.15) is 10.2 Å². The van der Waals surface area contributed by atoms with Crippen LogP contribution in [0, 0.1) is 11.7 Å². The van der Waals surface area contributed by atoms with Crippen LogP contribution < -0.4 is 0 Å². The number of halogens is 1. The first-order valence-corrected chi connectivity index (χ1v) is 8.28. The van der Waals surface area contributed by atoms with Crippen molar-refractivity contribution in [3.63, 3.8) is 0 Å². The second kappa shape index (κ2) is 6.36.